The van der Waals surface area contributed by atoms with Crippen LogP contribution >= 0.6 is 27.5 Å². The number of ketones is 1. The molecule has 0 N–H and O–H groups in total. The maximum absolute atomic E-state index is 12.6. The van der Waals surface area contributed by atoms with Crippen LogP contribution in [0.2, 0.25) is 5.15 Å². The van der Waals surface area contributed by atoms with E-state index in [0.717, 1.165) is 15.4 Å². The summed E-state index contributed by atoms with van der Waals surface area (Å²) < 4.78 is 2.62. The predicted molar refractivity (Wildman–Crippen MR) is 111 cm³/mol. The number of hydrogen-bond acceptors (Lipinski definition) is 4. The van der Waals surface area contributed by atoms with Crippen molar-refractivity contribution in [2.75, 3.05) is 0 Å². The summed E-state index contributed by atoms with van der Waals surface area (Å²) in [6.45, 7) is 0. The van der Waals surface area contributed by atoms with Crippen molar-refractivity contribution in [1.29, 1.82) is 0 Å². The highest BCUT2D eigenvalue weighted by molar-refractivity contribution is 9.10. The minimum atomic E-state index is -0.610. The molecule has 0 aliphatic heterocycles. The van der Waals surface area contributed by atoms with E-state index in [4.69, 9.17) is 11.6 Å². The molecule has 2 aromatic carbocycles. The Morgan fingerprint density at radius 1 is 1.11 bits per heavy atom. The van der Waals surface area contributed by atoms with Gasteiger partial charge in [0.05, 0.1) is 0 Å². The lowest BCUT2D eigenvalue weighted by atomic mass is 10.0. The van der Waals surface area contributed by atoms with Crippen LogP contribution in [0.25, 0.3) is 10.8 Å². The van der Waals surface area contributed by atoms with Gasteiger partial charge in [-0.3, -0.25) is 14.6 Å². The van der Waals surface area contributed by atoms with Gasteiger partial charge in [-0.1, -0.05) is 63.9 Å². The summed E-state index contributed by atoms with van der Waals surface area (Å²) in [6, 6.07) is 14.5. The summed E-state index contributed by atoms with van der Waals surface area (Å²) in [5, 5.41) is 1.77. The van der Waals surface area contributed by atoms with E-state index < -0.39 is 11.8 Å². The van der Waals surface area contributed by atoms with Crippen LogP contribution in [0.5, 0.6) is 0 Å². The molecular formula is C21H13BrClN3O2. The molecule has 138 valence electrons. The largest absolute Gasteiger partial charge is 0.330 e. The zero-order chi connectivity index (χ0) is 19.7. The number of carbonyl (C=O) groups is 2. The second-order valence-electron chi connectivity index (χ2n) is 6.14. The lowest BCUT2D eigenvalue weighted by molar-refractivity contribution is -0.104. The smallest absolute Gasteiger partial charge is 0.242 e. The molecular weight excluding hydrogens is 442 g/mol. The molecule has 0 aliphatic carbocycles. The van der Waals surface area contributed by atoms with Gasteiger partial charge in [-0.05, 0) is 17.7 Å². The number of fused-ring (bicyclic) bond motifs is 1. The maximum Gasteiger partial charge on any atom is 0.242 e. The van der Waals surface area contributed by atoms with E-state index in [1.165, 1.54) is 6.20 Å². The fraction of sp³-hybridized carbons (Fsp3) is 0.0476. The second-order valence-corrected chi connectivity index (χ2v) is 7.42. The molecule has 0 radical (unpaired) electrons. The Balaban J connectivity index is 2.07. The molecule has 4 rings (SSSR count). The van der Waals surface area contributed by atoms with Gasteiger partial charge < -0.3 is 4.57 Å². The molecule has 2 aromatic heterocycles. The van der Waals surface area contributed by atoms with Crippen molar-refractivity contribution in [2.45, 2.75) is 6.04 Å². The van der Waals surface area contributed by atoms with Crippen LogP contribution in [0.15, 0.2) is 71.6 Å². The Kier molecular flexibility index (Phi) is 5.07. The molecule has 0 spiro atoms. The van der Waals surface area contributed by atoms with Crippen molar-refractivity contribution in [3.05, 3.63) is 93.7 Å². The molecule has 1 unspecified atom stereocenters. The first-order valence-electron chi connectivity index (χ1n) is 8.41. The number of halogens is 2. The Hall–Kier alpha value is -2.83. The second kappa shape index (κ2) is 7.66. The predicted octanol–water partition coefficient (Wildman–Crippen LogP) is 4.87. The number of benzene rings is 2. The highest BCUT2D eigenvalue weighted by Gasteiger charge is 2.27. The van der Waals surface area contributed by atoms with Crippen LogP contribution in [-0.4, -0.2) is 26.6 Å². The minimum absolute atomic E-state index is 0.231. The van der Waals surface area contributed by atoms with Crippen LogP contribution in [0.1, 0.15) is 27.8 Å². The van der Waals surface area contributed by atoms with E-state index in [2.05, 4.69) is 25.9 Å². The van der Waals surface area contributed by atoms with Crippen LogP contribution in [0.4, 0.5) is 0 Å². The Morgan fingerprint density at radius 2 is 1.89 bits per heavy atom. The first-order valence-corrected chi connectivity index (χ1v) is 9.58. The van der Waals surface area contributed by atoms with Gasteiger partial charge in [0.1, 0.15) is 17.4 Å². The average Bonchev–Trinajstić information content (AvgIpc) is 3.08. The molecule has 0 amide bonds. The first-order chi connectivity index (χ1) is 13.6. The zero-order valence-corrected chi connectivity index (χ0v) is 16.8. The number of aldehydes is 1. The molecule has 0 bridgehead atoms. The number of nitrogens with zero attached hydrogens (tertiary/aromatic N) is 3. The summed E-state index contributed by atoms with van der Waals surface area (Å²) in [5.41, 5.74) is 1.62. The van der Waals surface area contributed by atoms with Crippen molar-refractivity contribution in [3.8, 4) is 0 Å². The standard InChI is InChI=1S/C21H13BrClN3O2/c22-15-6-3-5-13(10-15)19(18-21(23)25-9-8-24-18)26-11-14-4-1-2-7-16(14)20(26)17(28)12-27/h1-12,19H. The number of carbonyl (C=O) groups excluding carboxylic acids is 2. The van der Waals surface area contributed by atoms with Crippen molar-refractivity contribution in [2.24, 2.45) is 0 Å². The van der Waals surface area contributed by atoms with Crippen LogP contribution in [0.3, 0.4) is 0 Å². The number of hydrogen-bond donors (Lipinski definition) is 0. The van der Waals surface area contributed by atoms with Crippen molar-refractivity contribution >= 4 is 50.4 Å². The van der Waals surface area contributed by atoms with Crippen molar-refractivity contribution in [3.63, 3.8) is 0 Å². The third kappa shape index (κ3) is 3.25. The Bertz CT molecular complexity index is 1210. The molecule has 1 atom stereocenters. The topological polar surface area (TPSA) is 64.8 Å². The van der Waals surface area contributed by atoms with Gasteiger partial charge in [-0.15, -0.1) is 0 Å². The lowest BCUT2D eigenvalue weighted by Gasteiger charge is -2.22. The van der Waals surface area contributed by atoms with Crippen molar-refractivity contribution in [1.82, 2.24) is 14.5 Å². The van der Waals surface area contributed by atoms with Gasteiger partial charge >= 0.3 is 0 Å². The fourth-order valence-corrected chi connectivity index (χ4v) is 3.97. The highest BCUT2D eigenvalue weighted by Crippen LogP contribution is 2.35. The van der Waals surface area contributed by atoms with Gasteiger partial charge in [0, 0.05) is 33.8 Å². The molecule has 7 heteroatoms. The summed E-state index contributed by atoms with van der Waals surface area (Å²) in [7, 11) is 0. The molecule has 0 aliphatic rings. The van der Waals surface area contributed by atoms with Gasteiger partial charge in [-0.25, -0.2) is 4.98 Å². The SMILES string of the molecule is O=CC(=O)c1c2ccccc2cn1C(c1cccc(Br)c1)c1nccnc1Cl. The molecule has 0 fully saturated rings. The quantitative estimate of drug-likeness (QED) is 0.245. The van der Waals surface area contributed by atoms with E-state index in [1.807, 2.05) is 54.7 Å². The van der Waals surface area contributed by atoms with Gasteiger partial charge in [0.15, 0.2) is 11.4 Å². The first kappa shape index (κ1) is 18.5. The number of Topliss-reactive ketones (excluding diaryl/α,β-unsaturated/α-hetero) is 1. The Labute approximate surface area is 174 Å². The summed E-state index contributed by atoms with van der Waals surface area (Å²) in [6.07, 6.45) is 5.22. The molecule has 0 saturated carbocycles. The van der Waals surface area contributed by atoms with Gasteiger partial charge in [-0.2, -0.15) is 0 Å². The van der Waals surface area contributed by atoms with Gasteiger partial charge in [0.25, 0.3) is 0 Å². The summed E-state index contributed by atoms with van der Waals surface area (Å²) >= 11 is 9.86. The summed E-state index contributed by atoms with van der Waals surface area (Å²) in [4.78, 5) is 32.5. The fourth-order valence-electron chi connectivity index (χ4n) is 3.34. The molecule has 28 heavy (non-hydrogen) atoms. The molecule has 4 aromatic rings. The Morgan fingerprint density at radius 3 is 2.64 bits per heavy atom. The van der Waals surface area contributed by atoms with Crippen LogP contribution in [0, 0.1) is 0 Å². The lowest BCUT2D eigenvalue weighted by Crippen LogP contribution is -2.19. The molecule has 5 nitrogen and oxygen atoms in total. The van der Waals surface area contributed by atoms with E-state index in [1.54, 1.807) is 10.8 Å². The van der Waals surface area contributed by atoms with Gasteiger partial charge in [0.2, 0.25) is 5.78 Å². The van der Waals surface area contributed by atoms with E-state index >= 15 is 0 Å². The van der Waals surface area contributed by atoms with Crippen LogP contribution in [-0.2, 0) is 4.79 Å². The van der Waals surface area contributed by atoms with Crippen molar-refractivity contribution < 1.29 is 9.59 Å². The number of rotatable bonds is 5. The molecule has 2 heterocycles. The third-order valence-corrected chi connectivity index (χ3v) is 5.26. The zero-order valence-electron chi connectivity index (χ0n) is 14.4. The van der Waals surface area contributed by atoms with E-state index in [9.17, 15) is 9.59 Å². The normalized spacial score (nSPS) is 12.1. The van der Waals surface area contributed by atoms with E-state index in [-0.39, 0.29) is 10.8 Å². The minimum Gasteiger partial charge on any atom is -0.330 e. The average molecular weight is 455 g/mol. The van der Waals surface area contributed by atoms with E-state index in [0.29, 0.717) is 17.4 Å². The maximum atomic E-state index is 12.6. The monoisotopic (exact) mass is 453 g/mol. The number of aromatic nitrogens is 3. The summed E-state index contributed by atoms with van der Waals surface area (Å²) in [5.74, 6) is -0.610. The van der Waals surface area contributed by atoms with Crippen LogP contribution < -0.4 is 0 Å². The highest BCUT2D eigenvalue weighted by atomic mass is 79.9. The third-order valence-electron chi connectivity index (χ3n) is 4.47. The molecule has 0 saturated heterocycles.